The van der Waals surface area contributed by atoms with E-state index in [4.69, 9.17) is 13.9 Å². The zero-order valence-electron chi connectivity index (χ0n) is 13.1. The number of pyridine rings is 1. The maximum Gasteiger partial charge on any atom is 0.248 e. The minimum absolute atomic E-state index is 0.201. The molecule has 0 saturated carbocycles. The number of ether oxygens (including phenoxy) is 1. The Morgan fingerprint density at radius 3 is 2.48 bits per heavy atom. The van der Waals surface area contributed by atoms with Crippen LogP contribution in [0.1, 0.15) is 17.2 Å². The van der Waals surface area contributed by atoms with E-state index in [1.807, 2.05) is 36.4 Å². The van der Waals surface area contributed by atoms with Crippen LogP contribution in [0.2, 0.25) is 0 Å². The molecule has 3 rings (SSSR count). The summed E-state index contributed by atoms with van der Waals surface area (Å²) in [7, 11) is 0. The Kier molecular flexibility index (Phi) is 7.09. The Morgan fingerprint density at radius 2 is 1.80 bits per heavy atom. The molecule has 0 radical (unpaired) electrons. The smallest absolute Gasteiger partial charge is 0.248 e. The van der Waals surface area contributed by atoms with E-state index in [0.717, 1.165) is 16.5 Å². The summed E-state index contributed by atoms with van der Waals surface area (Å²) in [5.41, 5.74) is 2.20. The van der Waals surface area contributed by atoms with Gasteiger partial charge in [-0.05, 0) is 23.3 Å². The second-order valence-electron chi connectivity index (χ2n) is 5.21. The number of aromatic nitrogens is 1. The average molecular weight is 412 g/mol. The van der Waals surface area contributed by atoms with Gasteiger partial charge < -0.3 is 14.8 Å². The molecule has 4 nitrogen and oxygen atoms in total. The number of halogens is 3. The highest BCUT2D eigenvalue weighted by Gasteiger charge is 2.14. The summed E-state index contributed by atoms with van der Waals surface area (Å²) in [6, 6.07) is 16.6. The minimum Gasteiger partial charge on any atom is -0.487 e. The fraction of sp³-hybridized carbons (Fsp3) is 0.167. The SMILES string of the molecule is FF.O=c1ccc2c([C@@H](O)CBr)ccc(OCc3ccccc3)c2[nH]1. The third kappa shape index (κ3) is 4.64. The maximum absolute atomic E-state index is 11.7. The Hall–Kier alpha value is -2.25. The second-order valence-corrected chi connectivity index (χ2v) is 5.86. The number of rotatable bonds is 5. The lowest BCUT2D eigenvalue weighted by Crippen LogP contribution is -2.07. The van der Waals surface area contributed by atoms with Gasteiger partial charge in [0, 0.05) is 25.9 Å². The van der Waals surface area contributed by atoms with Gasteiger partial charge in [0.05, 0.1) is 11.6 Å². The molecule has 0 unspecified atom stereocenters. The van der Waals surface area contributed by atoms with Crippen molar-refractivity contribution in [2.45, 2.75) is 12.7 Å². The normalized spacial score (nSPS) is 11.5. The summed E-state index contributed by atoms with van der Waals surface area (Å²) in [6.07, 6.45) is -0.647. The van der Waals surface area contributed by atoms with E-state index in [2.05, 4.69) is 20.9 Å². The van der Waals surface area contributed by atoms with Gasteiger partial charge in [-0.1, -0.05) is 52.3 Å². The first-order valence-corrected chi connectivity index (χ1v) is 8.52. The van der Waals surface area contributed by atoms with E-state index in [-0.39, 0.29) is 5.56 Å². The monoisotopic (exact) mass is 411 g/mol. The van der Waals surface area contributed by atoms with Crippen LogP contribution in [0.15, 0.2) is 59.4 Å². The number of H-pyrrole nitrogens is 1. The molecule has 0 aliphatic rings. The van der Waals surface area contributed by atoms with Gasteiger partial charge in [0.1, 0.15) is 12.4 Å². The van der Waals surface area contributed by atoms with Gasteiger partial charge >= 0.3 is 0 Å². The molecule has 25 heavy (non-hydrogen) atoms. The fourth-order valence-corrected chi connectivity index (χ4v) is 2.83. The largest absolute Gasteiger partial charge is 0.487 e. The Labute approximate surface area is 151 Å². The fourth-order valence-electron chi connectivity index (χ4n) is 2.48. The molecular formula is C18H16BrF2NO3. The van der Waals surface area contributed by atoms with Crippen molar-refractivity contribution in [1.82, 2.24) is 4.98 Å². The predicted molar refractivity (Wildman–Crippen MR) is 96.3 cm³/mol. The lowest BCUT2D eigenvalue weighted by Gasteiger charge is -2.14. The standard InChI is InChI=1S/C18H16BrNO3.F2/c19-10-15(21)13-6-8-16(18-14(13)7-9-17(22)20-18)23-11-12-4-2-1-3-5-12;1-2/h1-9,15,21H,10-11H2,(H,20,22);/t15-;/m0./s1. The van der Waals surface area contributed by atoms with Crippen LogP contribution in [0.4, 0.5) is 9.15 Å². The number of aliphatic hydroxyl groups is 1. The van der Waals surface area contributed by atoms with Crippen molar-refractivity contribution in [2.24, 2.45) is 0 Å². The summed E-state index contributed by atoms with van der Waals surface area (Å²) >= 11 is 3.28. The van der Waals surface area contributed by atoms with Crippen LogP contribution in [0.3, 0.4) is 0 Å². The van der Waals surface area contributed by atoms with Crippen molar-refractivity contribution in [2.75, 3.05) is 5.33 Å². The molecule has 0 amide bonds. The lowest BCUT2D eigenvalue weighted by atomic mass is 10.0. The number of alkyl halides is 1. The van der Waals surface area contributed by atoms with E-state index in [1.165, 1.54) is 6.07 Å². The van der Waals surface area contributed by atoms with Crippen molar-refractivity contribution in [3.8, 4) is 5.75 Å². The van der Waals surface area contributed by atoms with Crippen LogP contribution < -0.4 is 10.3 Å². The molecule has 1 heterocycles. The van der Waals surface area contributed by atoms with Crippen LogP contribution in [0, 0.1) is 0 Å². The van der Waals surface area contributed by atoms with Gasteiger partial charge in [-0.25, -0.2) is 0 Å². The van der Waals surface area contributed by atoms with Crippen molar-refractivity contribution in [3.05, 3.63) is 76.1 Å². The van der Waals surface area contributed by atoms with Crippen LogP contribution in [-0.2, 0) is 6.61 Å². The quantitative estimate of drug-likeness (QED) is 0.612. The molecule has 1 aromatic heterocycles. The van der Waals surface area contributed by atoms with Crippen molar-refractivity contribution in [1.29, 1.82) is 0 Å². The van der Waals surface area contributed by atoms with E-state index >= 15 is 0 Å². The van der Waals surface area contributed by atoms with Gasteiger partial charge in [0.15, 0.2) is 0 Å². The number of aromatic amines is 1. The summed E-state index contributed by atoms with van der Waals surface area (Å²) in [4.78, 5) is 14.5. The first-order chi connectivity index (χ1) is 12.2. The number of nitrogens with one attached hydrogen (secondary N) is 1. The minimum atomic E-state index is -0.647. The van der Waals surface area contributed by atoms with Gasteiger partial charge in [0.2, 0.25) is 5.56 Å². The first kappa shape index (κ1) is 19.1. The highest BCUT2D eigenvalue weighted by atomic mass is 79.9. The van der Waals surface area contributed by atoms with Crippen LogP contribution in [0.25, 0.3) is 10.9 Å². The third-order valence-electron chi connectivity index (χ3n) is 3.63. The van der Waals surface area contributed by atoms with Crippen molar-refractivity contribution < 1.29 is 19.0 Å². The number of hydrogen-bond donors (Lipinski definition) is 2. The summed E-state index contributed by atoms with van der Waals surface area (Å²) in [6.45, 7) is 0.410. The van der Waals surface area contributed by atoms with Gasteiger partial charge in [-0.3, -0.25) is 4.79 Å². The Morgan fingerprint density at radius 1 is 1.08 bits per heavy atom. The van der Waals surface area contributed by atoms with E-state index < -0.39 is 6.10 Å². The third-order valence-corrected chi connectivity index (χ3v) is 4.25. The second kappa shape index (κ2) is 9.29. The molecule has 2 aromatic carbocycles. The zero-order chi connectivity index (χ0) is 18.2. The highest BCUT2D eigenvalue weighted by molar-refractivity contribution is 9.09. The summed E-state index contributed by atoms with van der Waals surface area (Å²) in [5.74, 6) is 0.590. The summed E-state index contributed by atoms with van der Waals surface area (Å²) in [5, 5.41) is 11.3. The first-order valence-electron chi connectivity index (χ1n) is 7.40. The number of fused-ring (bicyclic) bond motifs is 1. The van der Waals surface area contributed by atoms with Crippen molar-refractivity contribution >= 4 is 26.8 Å². The molecule has 0 bridgehead atoms. The summed E-state index contributed by atoms with van der Waals surface area (Å²) < 4.78 is 21.9. The Balaban J connectivity index is 0.00000109. The van der Waals surface area contributed by atoms with Gasteiger partial charge in [-0.2, -0.15) is 0 Å². The van der Waals surface area contributed by atoms with Crippen LogP contribution in [-0.4, -0.2) is 15.4 Å². The number of aliphatic hydroxyl groups excluding tert-OH is 1. The van der Waals surface area contributed by atoms with Crippen LogP contribution >= 0.6 is 15.9 Å². The van der Waals surface area contributed by atoms with E-state index in [0.29, 0.717) is 23.2 Å². The highest BCUT2D eigenvalue weighted by Crippen LogP contribution is 2.30. The number of hydrogen-bond acceptors (Lipinski definition) is 3. The van der Waals surface area contributed by atoms with Gasteiger partial charge in [0.25, 0.3) is 0 Å². The molecule has 0 aliphatic carbocycles. The molecule has 3 aromatic rings. The molecule has 0 aliphatic heterocycles. The maximum atomic E-state index is 11.7. The Bertz CT molecular complexity index is 871. The van der Waals surface area contributed by atoms with E-state index in [1.54, 1.807) is 12.1 Å². The molecule has 2 N–H and O–H groups in total. The topological polar surface area (TPSA) is 62.3 Å². The van der Waals surface area contributed by atoms with Crippen LogP contribution in [0.5, 0.6) is 5.75 Å². The predicted octanol–water partition coefficient (Wildman–Crippen LogP) is 4.38. The zero-order valence-corrected chi connectivity index (χ0v) is 14.7. The molecule has 132 valence electrons. The molecule has 1 atom stereocenters. The molecule has 0 spiro atoms. The van der Waals surface area contributed by atoms with Crippen molar-refractivity contribution in [3.63, 3.8) is 0 Å². The average Bonchev–Trinajstić information content (AvgIpc) is 2.67. The molecular weight excluding hydrogens is 396 g/mol. The molecule has 0 fully saturated rings. The van der Waals surface area contributed by atoms with Gasteiger partial charge in [-0.15, -0.1) is 0 Å². The number of benzene rings is 2. The van der Waals surface area contributed by atoms with E-state index in [9.17, 15) is 9.90 Å². The molecule has 7 heteroatoms. The molecule has 0 saturated heterocycles. The lowest BCUT2D eigenvalue weighted by molar-refractivity contribution is 0.108.